The molecule has 20 unspecified atom stereocenters. The van der Waals surface area contributed by atoms with Gasteiger partial charge in [-0.25, -0.2) is 0 Å². The monoisotopic (exact) mass is 1010 g/mol. The first kappa shape index (κ1) is 52.0. The van der Waals surface area contributed by atoms with Crippen molar-refractivity contribution >= 4 is 0 Å². The summed E-state index contributed by atoms with van der Waals surface area (Å²) in [6, 6.07) is 5.23. The van der Waals surface area contributed by atoms with Crippen molar-refractivity contribution in [3.8, 4) is 0 Å². The number of rotatable bonds is 7. The predicted molar refractivity (Wildman–Crippen MR) is 311 cm³/mol. The summed E-state index contributed by atoms with van der Waals surface area (Å²) in [6.07, 6.45) is 55.8. The van der Waals surface area contributed by atoms with Crippen LogP contribution >= 0.6 is 0 Å². The molecule has 14 aliphatic rings. The van der Waals surface area contributed by atoms with Crippen LogP contribution < -0.4 is 0 Å². The van der Waals surface area contributed by atoms with E-state index in [1.165, 1.54) is 51.4 Å². The zero-order chi connectivity index (χ0) is 50.5. The van der Waals surface area contributed by atoms with E-state index in [4.69, 9.17) is 0 Å². The van der Waals surface area contributed by atoms with Gasteiger partial charge in [0, 0.05) is 36.3 Å². The molecule has 0 aromatic carbocycles. The molecule has 2 nitrogen and oxygen atoms in total. The van der Waals surface area contributed by atoms with E-state index >= 15 is 0 Å². The van der Waals surface area contributed by atoms with Gasteiger partial charge in [0.05, 0.1) is 0 Å². The Kier molecular flexibility index (Phi) is 13.9. The Morgan fingerprint density at radius 1 is 0.203 bits per heavy atom. The Labute approximate surface area is 458 Å². The number of hydrogen-bond donors (Lipinski definition) is 0. The fourth-order valence-corrected chi connectivity index (χ4v) is 28.3. The zero-order valence-corrected chi connectivity index (χ0v) is 50.2. The maximum absolute atomic E-state index is 3.47. The van der Waals surface area contributed by atoms with E-state index < -0.39 is 0 Å². The third-order valence-corrected chi connectivity index (χ3v) is 31.3. The van der Waals surface area contributed by atoms with Crippen LogP contribution in [0.25, 0.3) is 0 Å². The van der Waals surface area contributed by atoms with Crippen molar-refractivity contribution < 1.29 is 0 Å². The summed E-state index contributed by atoms with van der Waals surface area (Å²) >= 11 is 0. The van der Waals surface area contributed by atoms with Crippen molar-refractivity contribution in [3.63, 3.8) is 0 Å². The molecule has 2 heteroatoms. The third-order valence-electron chi connectivity index (χ3n) is 31.3. The Morgan fingerprint density at radius 2 is 0.405 bits per heavy atom. The summed E-state index contributed by atoms with van der Waals surface area (Å²) in [4.78, 5) is 6.94. The summed E-state index contributed by atoms with van der Waals surface area (Å²) < 4.78 is 0. The van der Waals surface area contributed by atoms with Gasteiger partial charge < -0.3 is 0 Å². The molecule has 14 fully saturated rings. The summed E-state index contributed by atoms with van der Waals surface area (Å²) in [5.74, 6) is 18.5. The largest absolute Gasteiger partial charge is 0.294 e. The van der Waals surface area contributed by atoms with Gasteiger partial charge >= 0.3 is 0 Å². The average molecular weight is 1010 g/mol. The third kappa shape index (κ3) is 8.37. The van der Waals surface area contributed by atoms with Crippen molar-refractivity contribution in [3.05, 3.63) is 0 Å². The van der Waals surface area contributed by atoms with Crippen LogP contribution in [0.2, 0.25) is 0 Å². The first-order chi connectivity index (χ1) is 35.7. The Morgan fingerprint density at radius 3 is 0.649 bits per heavy atom. The average Bonchev–Trinajstić information content (AvgIpc) is 4.02. The molecule has 0 spiro atoms. The minimum atomic E-state index is 0.559. The standard InChI is InChI=1S/C72H120N2/c1-69(2)61-21-13-9-17-53(61)57-37-33-49(41-65(57)69)73(50-34-38-58-54-18-10-14-22-62(54)70(3,4)66(58)42-50)47-29-25-45(26-30-47)46-27-31-48(32-28-46)74(51-35-39-59-55-19-11-15-23-63(55)71(5,6)67(59)43-51)52-36-40-60-56-20-12-16-24-64(56)72(7,8)68(60)44-52/h45-68H,9-44H2,1-8H3. The molecule has 0 bridgehead atoms. The highest BCUT2D eigenvalue weighted by molar-refractivity contribution is 5.13. The molecular weight excluding hydrogens is 893 g/mol. The lowest BCUT2D eigenvalue weighted by Crippen LogP contribution is -2.56. The summed E-state index contributed by atoms with van der Waals surface area (Å²) in [7, 11) is 0. The van der Waals surface area contributed by atoms with Gasteiger partial charge in [0.15, 0.2) is 0 Å². The van der Waals surface area contributed by atoms with Gasteiger partial charge in [-0.3, -0.25) is 9.80 Å². The van der Waals surface area contributed by atoms with Gasteiger partial charge in [-0.1, -0.05) is 107 Å². The van der Waals surface area contributed by atoms with Gasteiger partial charge in [0.1, 0.15) is 0 Å². The normalized spacial score (nSPS) is 52.9. The smallest absolute Gasteiger partial charge is 0.0104 e. The molecule has 20 atom stereocenters. The number of nitrogens with zero attached hydrogens (tertiary/aromatic N) is 2. The molecule has 0 aromatic rings. The predicted octanol–water partition coefficient (Wildman–Crippen LogP) is 19.2. The Bertz CT molecular complexity index is 1690. The lowest BCUT2D eigenvalue weighted by atomic mass is 9.64. The SMILES string of the molecule is CC1(C)C2CCCCC2C2CCC(N(C3CCC(C4CCC(N(C5CCC6C7CCCCC7C(C)(C)C6C5)C5CCC6C7CCCCC7C(C)(C)C6C5)CC4)CC3)C3CCC4C5CCCCC5C(C)(C)C4C3)CC21. The molecule has 14 aliphatic carbocycles. The fourth-order valence-electron chi connectivity index (χ4n) is 28.3. The molecular formula is C72H120N2. The van der Waals surface area contributed by atoms with E-state index in [2.05, 4.69) is 65.2 Å². The fraction of sp³-hybridized carbons (Fsp3) is 1.00. The van der Waals surface area contributed by atoms with Gasteiger partial charge in [-0.2, -0.15) is 0 Å². The quantitative estimate of drug-likeness (QED) is 0.251. The van der Waals surface area contributed by atoms with Crippen LogP contribution in [-0.4, -0.2) is 46.1 Å². The van der Waals surface area contributed by atoms with Crippen molar-refractivity contribution in [2.45, 2.75) is 323 Å². The minimum absolute atomic E-state index is 0.559. The van der Waals surface area contributed by atoms with Crippen LogP contribution in [0.3, 0.4) is 0 Å². The molecule has 0 N–H and O–H groups in total. The molecule has 0 heterocycles. The van der Waals surface area contributed by atoms with Gasteiger partial charge in [-0.15, -0.1) is 0 Å². The molecule has 14 rings (SSSR count). The van der Waals surface area contributed by atoms with Crippen LogP contribution in [-0.2, 0) is 0 Å². The Hall–Kier alpha value is -0.0800. The molecule has 0 aliphatic heterocycles. The van der Waals surface area contributed by atoms with E-state index in [0.29, 0.717) is 21.7 Å². The number of hydrogen-bond acceptors (Lipinski definition) is 2. The van der Waals surface area contributed by atoms with E-state index in [0.717, 1.165) is 143 Å². The second kappa shape index (κ2) is 19.8. The van der Waals surface area contributed by atoms with Gasteiger partial charge in [0.2, 0.25) is 0 Å². The maximum Gasteiger partial charge on any atom is 0.0104 e. The second-order valence-electron chi connectivity index (χ2n) is 34.5. The molecule has 74 heavy (non-hydrogen) atoms. The molecule has 0 amide bonds. The highest BCUT2D eigenvalue weighted by Crippen LogP contribution is 2.69. The highest BCUT2D eigenvalue weighted by Gasteiger charge is 2.63. The van der Waals surface area contributed by atoms with Crippen molar-refractivity contribution in [2.24, 2.45) is 128 Å². The zero-order valence-electron chi connectivity index (χ0n) is 50.2. The van der Waals surface area contributed by atoms with Gasteiger partial charge in [0.25, 0.3) is 0 Å². The van der Waals surface area contributed by atoms with Crippen molar-refractivity contribution in [1.29, 1.82) is 0 Å². The highest BCUT2D eigenvalue weighted by atomic mass is 15.2. The first-order valence-electron chi connectivity index (χ1n) is 35.3. The van der Waals surface area contributed by atoms with E-state index in [1.54, 1.807) is 180 Å². The van der Waals surface area contributed by atoms with Crippen LogP contribution in [0.1, 0.15) is 287 Å². The second-order valence-corrected chi connectivity index (χ2v) is 34.5. The van der Waals surface area contributed by atoms with E-state index in [1.807, 2.05) is 0 Å². The van der Waals surface area contributed by atoms with Crippen molar-refractivity contribution in [1.82, 2.24) is 9.80 Å². The topological polar surface area (TPSA) is 6.48 Å². The molecule has 0 radical (unpaired) electrons. The van der Waals surface area contributed by atoms with Crippen LogP contribution in [0, 0.1) is 128 Å². The van der Waals surface area contributed by atoms with Crippen LogP contribution in [0.5, 0.6) is 0 Å². The molecule has 418 valence electrons. The molecule has 0 aromatic heterocycles. The minimum Gasteiger partial charge on any atom is -0.294 e. The van der Waals surface area contributed by atoms with Crippen molar-refractivity contribution in [2.75, 3.05) is 0 Å². The summed E-state index contributed by atoms with van der Waals surface area (Å²) in [5.41, 5.74) is 2.23. The first-order valence-corrected chi connectivity index (χ1v) is 35.3. The summed E-state index contributed by atoms with van der Waals surface area (Å²) in [5, 5.41) is 0. The molecule has 0 saturated heterocycles. The lowest BCUT2D eigenvalue weighted by Gasteiger charge is -2.54. The number of fused-ring (bicyclic) bond motifs is 12. The van der Waals surface area contributed by atoms with Gasteiger partial charge in [-0.05, 0) is 308 Å². The lowest BCUT2D eigenvalue weighted by molar-refractivity contribution is -0.0464. The van der Waals surface area contributed by atoms with Crippen LogP contribution in [0.4, 0.5) is 0 Å². The maximum atomic E-state index is 3.47. The Balaban J connectivity index is 0.678. The van der Waals surface area contributed by atoms with E-state index in [-0.39, 0.29) is 0 Å². The summed E-state index contributed by atoms with van der Waals surface area (Å²) in [6.45, 7) is 22.3. The van der Waals surface area contributed by atoms with E-state index in [9.17, 15) is 0 Å². The molecule has 14 saturated carbocycles. The van der Waals surface area contributed by atoms with Crippen LogP contribution in [0.15, 0.2) is 0 Å².